The number of ether oxygens (including phenoxy) is 3. The van der Waals surface area contributed by atoms with Crippen molar-refractivity contribution in [3.63, 3.8) is 0 Å². The molecule has 28 heavy (non-hydrogen) atoms. The molecule has 0 aromatic heterocycles. The highest BCUT2D eigenvalue weighted by Gasteiger charge is 2.46. The largest absolute Gasteiger partial charge is 0.469 e. The van der Waals surface area contributed by atoms with Gasteiger partial charge in [-0.05, 0) is 30.5 Å². The Hall–Kier alpha value is -3.15. The van der Waals surface area contributed by atoms with Gasteiger partial charge in [-0.2, -0.15) is 0 Å². The molecule has 1 aliphatic rings. The highest BCUT2D eigenvalue weighted by atomic mass is 16.6. The summed E-state index contributed by atoms with van der Waals surface area (Å²) in [5.74, 6) is -2.86. The summed E-state index contributed by atoms with van der Waals surface area (Å²) in [4.78, 5) is 37.0. The van der Waals surface area contributed by atoms with Gasteiger partial charge >= 0.3 is 17.9 Å². The van der Waals surface area contributed by atoms with Crippen molar-refractivity contribution in [3.8, 4) is 0 Å². The van der Waals surface area contributed by atoms with E-state index >= 15 is 0 Å². The smallest absolute Gasteiger partial charge is 0.338 e. The van der Waals surface area contributed by atoms with Gasteiger partial charge in [-0.1, -0.05) is 48.5 Å². The summed E-state index contributed by atoms with van der Waals surface area (Å²) >= 11 is 0. The molecule has 2 aromatic carbocycles. The zero-order chi connectivity index (χ0) is 19.9. The molecule has 6 heteroatoms. The molecule has 1 aliphatic carbocycles. The average Bonchev–Trinajstić information content (AvgIpc) is 3.16. The summed E-state index contributed by atoms with van der Waals surface area (Å²) < 4.78 is 15.7. The van der Waals surface area contributed by atoms with E-state index in [9.17, 15) is 14.4 Å². The lowest BCUT2D eigenvalue weighted by atomic mass is 9.96. The summed E-state index contributed by atoms with van der Waals surface area (Å²) in [5.41, 5.74) is 1.28. The molecule has 0 heterocycles. The Labute approximate surface area is 163 Å². The third-order valence-corrected chi connectivity index (χ3v) is 4.83. The Bertz CT molecular complexity index is 817. The SMILES string of the molecule is COC(=O)[C@@H]1C[C@H](OC(=O)c2ccccc2)C[C@H]1C(=O)OCc1ccccc1. The van der Waals surface area contributed by atoms with E-state index in [1.165, 1.54) is 7.11 Å². The standard InChI is InChI=1S/C22H22O6/c1-26-21(24)18-12-17(28-20(23)16-10-6-3-7-11-16)13-19(18)22(25)27-14-15-8-4-2-5-9-15/h2-11,17-19H,12-14H2,1H3/t17-,18+,19+/m0/s1. The van der Waals surface area contributed by atoms with Crippen LogP contribution in [0.2, 0.25) is 0 Å². The van der Waals surface area contributed by atoms with Crippen molar-refractivity contribution in [2.45, 2.75) is 25.6 Å². The fourth-order valence-corrected chi connectivity index (χ4v) is 3.39. The van der Waals surface area contributed by atoms with Crippen LogP contribution in [0, 0.1) is 11.8 Å². The summed E-state index contributed by atoms with van der Waals surface area (Å²) in [6.45, 7) is 0.124. The molecule has 0 N–H and O–H groups in total. The Kier molecular flexibility index (Phi) is 6.42. The predicted molar refractivity (Wildman–Crippen MR) is 100 cm³/mol. The number of hydrogen-bond acceptors (Lipinski definition) is 6. The van der Waals surface area contributed by atoms with Crippen molar-refractivity contribution in [2.75, 3.05) is 7.11 Å². The van der Waals surface area contributed by atoms with Gasteiger partial charge in [0.1, 0.15) is 12.7 Å². The van der Waals surface area contributed by atoms with Crippen molar-refractivity contribution < 1.29 is 28.6 Å². The van der Waals surface area contributed by atoms with Crippen molar-refractivity contribution in [2.24, 2.45) is 11.8 Å². The molecule has 0 radical (unpaired) electrons. The highest BCUT2D eigenvalue weighted by Crippen LogP contribution is 2.36. The first-order valence-electron chi connectivity index (χ1n) is 9.13. The van der Waals surface area contributed by atoms with Crippen LogP contribution in [0.15, 0.2) is 60.7 Å². The number of carbonyl (C=O) groups is 3. The topological polar surface area (TPSA) is 78.9 Å². The number of benzene rings is 2. The van der Waals surface area contributed by atoms with Crippen LogP contribution >= 0.6 is 0 Å². The quantitative estimate of drug-likeness (QED) is 0.564. The molecule has 146 valence electrons. The van der Waals surface area contributed by atoms with E-state index in [1.807, 2.05) is 30.3 Å². The lowest BCUT2D eigenvalue weighted by Crippen LogP contribution is -2.27. The number of methoxy groups -OCH3 is 1. The minimum atomic E-state index is -0.704. The third kappa shape index (κ3) is 4.76. The summed E-state index contributed by atoms with van der Waals surface area (Å²) in [7, 11) is 1.28. The van der Waals surface area contributed by atoms with Crippen LogP contribution in [-0.4, -0.2) is 31.1 Å². The fraction of sp³-hybridized carbons (Fsp3) is 0.318. The van der Waals surface area contributed by atoms with Crippen LogP contribution < -0.4 is 0 Å². The lowest BCUT2D eigenvalue weighted by Gasteiger charge is -2.15. The Morgan fingerprint density at radius 3 is 2.04 bits per heavy atom. The molecular formula is C22H22O6. The Morgan fingerprint density at radius 2 is 1.43 bits per heavy atom. The lowest BCUT2D eigenvalue weighted by molar-refractivity contribution is -0.158. The number of esters is 3. The predicted octanol–water partition coefficient (Wildman–Crippen LogP) is 3.15. The number of hydrogen-bond donors (Lipinski definition) is 0. The van der Waals surface area contributed by atoms with Gasteiger partial charge in [0, 0.05) is 0 Å². The second kappa shape index (κ2) is 9.17. The Morgan fingerprint density at radius 1 is 0.857 bits per heavy atom. The first-order chi connectivity index (χ1) is 13.6. The number of carbonyl (C=O) groups excluding carboxylic acids is 3. The van der Waals surface area contributed by atoms with Crippen molar-refractivity contribution >= 4 is 17.9 Å². The molecule has 6 nitrogen and oxygen atoms in total. The summed E-state index contributed by atoms with van der Waals surface area (Å²) in [5, 5.41) is 0. The zero-order valence-corrected chi connectivity index (χ0v) is 15.6. The van der Waals surface area contributed by atoms with Crippen LogP contribution in [0.5, 0.6) is 0 Å². The molecule has 1 saturated carbocycles. The zero-order valence-electron chi connectivity index (χ0n) is 15.6. The average molecular weight is 382 g/mol. The van der Waals surface area contributed by atoms with Crippen LogP contribution in [0.1, 0.15) is 28.8 Å². The van der Waals surface area contributed by atoms with Gasteiger partial charge in [0.15, 0.2) is 0 Å². The maximum absolute atomic E-state index is 12.6. The fourth-order valence-electron chi connectivity index (χ4n) is 3.39. The first-order valence-corrected chi connectivity index (χ1v) is 9.13. The van der Waals surface area contributed by atoms with Gasteiger partial charge in [-0.25, -0.2) is 4.79 Å². The Balaban J connectivity index is 1.64. The molecule has 0 unspecified atom stereocenters. The van der Waals surface area contributed by atoms with Gasteiger partial charge in [0.25, 0.3) is 0 Å². The maximum Gasteiger partial charge on any atom is 0.338 e. The summed E-state index contributed by atoms with van der Waals surface area (Å²) in [6.07, 6.45) is -0.0893. The van der Waals surface area contributed by atoms with Crippen molar-refractivity contribution in [3.05, 3.63) is 71.8 Å². The molecule has 0 bridgehead atoms. The van der Waals surface area contributed by atoms with Crippen LogP contribution in [0.25, 0.3) is 0 Å². The second-order valence-electron chi connectivity index (χ2n) is 6.69. The van der Waals surface area contributed by atoms with Gasteiger partial charge in [0.2, 0.25) is 0 Å². The van der Waals surface area contributed by atoms with E-state index in [2.05, 4.69) is 0 Å². The molecule has 3 rings (SSSR count). The van der Waals surface area contributed by atoms with Crippen LogP contribution in [0.3, 0.4) is 0 Å². The summed E-state index contributed by atoms with van der Waals surface area (Å²) in [6, 6.07) is 17.9. The van der Waals surface area contributed by atoms with Crippen LogP contribution in [-0.2, 0) is 30.4 Å². The van der Waals surface area contributed by atoms with E-state index < -0.39 is 35.8 Å². The van der Waals surface area contributed by atoms with E-state index in [1.54, 1.807) is 30.3 Å². The monoisotopic (exact) mass is 382 g/mol. The normalized spacial score (nSPS) is 21.0. The van der Waals surface area contributed by atoms with Crippen molar-refractivity contribution in [1.82, 2.24) is 0 Å². The third-order valence-electron chi connectivity index (χ3n) is 4.83. The van der Waals surface area contributed by atoms with Gasteiger partial charge in [-0.3, -0.25) is 9.59 Å². The molecular weight excluding hydrogens is 360 g/mol. The molecule has 2 aromatic rings. The second-order valence-corrected chi connectivity index (χ2v) is 6.69. The van der Waals surface area contributed by atoms with Crippen LogP contribution in [0.4, 0.5) is 0 Å². The van der Waals surface area contributed by atoms with Gasteiger partial charge < -0.3 is 14.2 Å². The van der Waals surface area contributed by atoms with E-state index in [0.29, 0.717) is 5.56 Å². The highest BCUT2D eigenvalue weighted by molar-refractivity contribution is 5.89. The molecule has 1 fully saturated rings. The van der Waals surface area contributed by atoms with Gasteiger partial charge in [-0.15, -0.1) is 0 Å². The van der Waals surface area contributed by atoms with E-state index in [-0.39, 0.29) is 19.4 Å². The van der Waals surface area contributed by atoms with Gasteiger partial charge in [0.05, 0.1) is 24.5 Å². The molecule has 0 saturated heterocycles. The van der Waals surface area contributed by atoms with E-state index in [4.69, 9.17) is 14.2 Å². The number of rotatable bonds is 6. The first kappa shape index (κ1) is 19.6. The van der Waals surface area contributed by atoms with E-state index in [0.717, 1.165) is 5.56 Å². The van der Waals surface area contributed by atoms with Crippen molar-refractivity contribution in [1.29, 1.82) is 0 Å². The maximum atomic E-state index is 12.6. The minimum absolute atomic E-state index is 0.124. The minimum Gasteiger partial charge on any atom is -0.469 e. The molecule has 3 atom stereocenters. The molecule has 0 amide bonds. The molecule has 0 spiro atoms. The molecule has 0 aliphatic heterocycles.